The van der Waals surface area contributed by atoms with Crippen molar-refractivity contribution in [2.24, 2.45) is 0 Å². The summed E-state index contributed by atoms with van der Waals surface area (Å²) >= 11 is 7.66. The molecule has 0 N–H and O–H groups in total. The maximum absolute atomic E-state index is 12.2. The first-order chi connectivity index (χ1) is 3.42. The Morgan fingerprint density at radius 2 is 1.88 bits per heavy atom. The van der Waals surface area contributed by atoms with Crippen LogP contribution in [-0.4, -0.2) is 8.57 Å². The van der Waals surface area contributed by atoms with Crippen molar-refractivity contribution in [2.75, 3.05) is 0 Å². The predicted octanol–water partition coefficient (Wildman–Crippen LogP) is 3.48. The van der Waals surface area contributed by atoms with Gasteiger partial charge in [0.15, 0.2) is 5.08 Å². The lowest BCUT2D eigenvalue weighted by molar-refractivity contribution is 0.337. The Bertz CT molecular complexity index is 67.4. The summed E-state index contributed by atoms with van der Waals surface area (Å²) < 4.78 is 22.2. The molecule has 1 unspecified atom stereocenters. The average Bonchev–Trinajstić information content (AvgIpc) is 1.21. The van der Waals surface area contributed by atoms with Gasteiger partial charge in [0.1, 0.15) is 0 Å². The smallest absolute Gasteiger partial charge is 0.222 e. The van der Waals surface area contributed by atoms with Gasteiger partial charge in [-0.25, -0.2) is 8.78 Å². The van der Waals surface area contributed by atoms with Crippen molar-refractivity contribution < 1.29 is 8.78 Å². The van der Waals surface area contributed by atoms with Crippen molar-refractivity contribution in [1.82, 2.24) is 0 Å². The molecule has 0 heterocycles. The second-order valence-corrected chi connectivity index (χ2v) is 5.78. The van der Waals surface area contributed by atoms with Crippen molar-refractivity contribution in [3.63, 3.8) is 0 Å². The molecule has 0 aliphatic heterocycles. The van der Waals surface area contributed by atoms with E-state index in [4.69, 9.17) is 0 Å². The van der Waals surface area contributed by atoms with E-state index in [1.54, 1.807) is 0 Å². The molecule has 0 aromatic heterocycles. The molecule has 5 heteroatoms. The summed E-state index contributed by atoms with van der Waals surface area (Å²) in [5.74, 6) is 0. The molecule has 50 valence electrons. The van der Waals surface area contributed by atoms with Crippen LogP contribution in [0.15, 0.2) is 0 Å². The minimum Gasteiger partial charge on any atom is -0.235 e. The topological polar surface area (TPSA) is 0 Å². The van der Waals surface area contributed by atoms with Crippen molar-refractivity contribution in [1.29, 1.82) is 0 Å². The van der Waals surface area contributed by atoms with E-state index < -0.39 is 8.57 Å². The molecule has 8 heavy (non-hydrogen) atoms. The second kappa shape index (κ2) is 3.46. The molecule has 0 saturated carbocycles. The number of hydrogen-bond acceptors (Lipinski definition) is 0. The highest BCUT2D eigenvalue weighted by atomic mass is 79.9. The van der Waals surface area contributed by atoms with Crippen LogP contribution in [0.25, 0.3) is 0 Å². The summed E-state index contributed by atoms with van der Waals surface area (Å²) in [7, 11) is 0. The fraction of sp³-hybridized carbons (Fsp3) is 1.00. The van der Waals surface area contributed by atoms with E-state index in [0.717, 1.165) is 0 Å². The lowest BCUT2D eigenvalue weighted by Crippen LogP contribution is -2.06. The largest absolute Gasteiger partial charge is 0.235 e. The molecule has 0 aromatic carbocycles. The van der Waals surface area contributed by atoms with Crippen molar-refractivity contribution in [2.45, 2.75) is 15.0 Å². The van der Waals surface area contributed by atoms with Crippen LogP contribution in [0.3, 0.4) is 0 Å². The van der Waals surface area contributed by atoms with Crippen LogP contribution >= 0.6 is 47.8 Å². The predicted molar refractivity (Wildman–Crippen MR) is 40.1 cm³/mol. The van der Waals surface area contributed by atoms with Gasteiger partial charge in [-0.3, -0.25) is 0 Å². The third-order valence-corrected chi connectivity index (χ3v) is 1.36. The normalized spacial score (nSPS) is 16.1. The number of rotatable bonds is 2. The van der Waals surface area contributed by atoms with Crippen LogP contribution in [0, 0.1) is 0 Å². The van der Waals surface area contributed by atoms with Crippen molar-refractivity contribution >= 4 is 47.8 Å². The van der Waals surface area contributed by atoms with E-state index in [1.165, 1.54) is 0 Å². The molecule has 0 aliphatic carbocycles. The molecule has 1 atom stereocenters. The summed E-state index contributed by atoms with van der Waals surface area (Å²) in [5, 5.41) is -1.31. The maximum atomic E-state index is 12.2. The Morgan fingerprint density at radius 1 is 1.50 bits per heavy atom. The molecule has 0 saturated heterocycles. The fourth-order valence-corrected chi connectivity index (χ4v) is 2.06. The third kappa shape index (κ3) is 7.30. The van der Waals surface area contributed by atoms with E-state index in [-0.39, 0.29) is 6.42 Å². The minimum atomic E-state index is -1.77. The average molecular weight is 317 g/mol. The molecule has 0 amide bonds. The van der Waals surface area contributed by atoms with Crippen molar-refractivity contribution in [3.8, 4) is 0 Å². The van der Waals surface area contributed by atoms with E-state index in [0.29, 0.717) is 0 Å². The SMILES string of the molecule is FC(Br)CC(F)(Br)Br. The maximum Gasteiger partial charge on any atom is 0.222 e. The van der Waals surface area contributed by atoms with Gasteiger partial charge in [-0.05, 0) is 31.9 Å². The molecule has 0 radical (unpaired) electrons. The number of halogens is 5. The first-order valence-electron chi connectivity index (χ1n) is 1.77. The Labute approximate surface area is 71.4 Å². The molecule has 0 spiro atoms. The molecule has 0 aromatic rings. The second-order valence-electron chi connectivity index (χ2n) is 1.21. The van der Waals surface area contributed by atoms with Crippen LogP contribution in [0.2, 0.25) is 0 Å². The van der Waals surface area contributed by atoms with Gasteiger partial charge in [-0.15, -0.1) is 0 Å². The minimum absolute atomic E-state index is 0.257. The quantitative estimate of drug-likeness (QED) is 0.684. The zero-order valence-electron chi connectivity index (χ0n) is 3.67. The molecule has 0 rings (SSSR count). The molecule has 0 aliphatic rings. The van der Waals surface area contributed by atoms with Crippen LogP contribution < -0.4 is 0 Å². The monoisotopic (exact) mass is 314 g/mol. The Hall–Kier alpha value is 1.30. The van der Waals surface area contributed by atoms with Gasteiger partial charge < -0.3 is 0 Å². The highest BCUT2D eigenvalue weighted by molar-refractivity contribution is 9.25. The van der Waals surface area contributed by atoms with Crippen molar-refractivity contribution in [3.05, 3.63) is 0 Å². The zero-order chi connectivity index (χ0) is 6.78. The Kier molecular flexibility index (Phi) is 4.03. The summed E-state index contributed by atoms with van der Waals surface area (Å²) in [6.07, 6.45) is -0.257. The van der Waals surface area contributed by atoms with Gasteiger partial charge in [0.25, 0.3) is 0 Å². The zero-order valence-corrected chi connectivity index (χ0v) is 8.43. The van der Waals surface area contributed by atoms with Gasteiger partial charge in [0, 0.05) is 6.42 Å². The Balaban J connectivity index is 3.39. The summed E-state index contributed by atoms with van der Waals surface area (Å²) in [6.45, 7) is 0. The summed E-state index contributed by atoms with van der Waals surface area (Å²) in [5.41, 5.74) is 0. The van der Waals surface area contributed by atoms with Gasteiger partial charge in [-0.2, -0.15) is 0 Å². The molecular formula is C3H3Br3F2. The summed E-state index contributed by atoms with van der Waals surface area (Å²) in [4.78, 5) is 0. The van der Waals surface area contributed by atoms with E-state index >= 15 is 0 Å². The van der Waals surface area contributed by atoms with Crippen LogP contribution in [0.4, 0.5) is 8.78 Å². The molecule has 0 bridgehead atoms. The molecular weight excluding hydrogens is 314 g/mol. The van der Waals surface area contributed by atoms with Crippen LogP contribution in [0.5, 0.6) is 0 Å². The lowest BCUT2D eigenvalue weighted by Gasteiger charge is -2.07. The van der Waals surface area contributed by atoms with E-state index in [2.05, 4.69) is 47.8 Å². The summed E-state index contributed by atoms with van der Waals surface area (Å²) in [6, 6.07) is 0. The Morgan fingerprint density at radius 3 is 1.88 bits per heavy atom. The highest BCUT2D eigenvalue weighted by Gasteiger charge is 2.24. The van der Waals surface area contributed by atoms with E-state index in [1.807, 2.05) is 0 Å². The third-order valence-electron chi connectivity index (χ3n) is 0.386. The number of alkyl halides is 5. The molecule has 0 fully saturated rings. The number of hydrogen-bond donors (Lipinski definition) is 0. The van der Waals surface area contributed by atoms with Gasteiger partial charge in [-0.1, -0.05) is 15.9 Å². The van der Waals surface area contributed by atoms with Gasteiger partial charge >= 0.3 is 0 Å². The lowest BCUT2D eigenvalue weighted by atomic mass is 10.5. The van der Waals surface area contributed by atoms with Gasteiger partial charge in [0.2, 0.25) is 3.49 Å². The highest BCUT2D eigenvalue weighted by Crippen LogP contribution is 2.34. The standard InChI is InChI=1S/C3H3Br3F2/c4-2(7)1-3(5,6)8/h2H,1H2. The van der Waals surface area contributed by atoms with Crippen LogP contribution in [0.1, 0.15) is 6.42 Å². The van der Waals surface area contributed by atoms with E-state index in [9.17, 15) is 8.78 Å². The fourth-order valence-electron chi connectivity index (χ4n) is 0.175. The van der Waals surface area contributed by atoms with Crippen LogP contribution in [-0.2, 0) is 0 Å². The van der Waals surface area contributed by atoms with Gasteiger partial charge in [0.05, 0.1) is 0 Å². The first kappa shape index (κ1) is 9.30. The molecule has 0 nitrogen and oxygen atoms in total. The first-order valence-corrected chi connectivity index (χ1v) is 4.27.